The summed E-state index contributed by atoms with van der Waals surface area (Å²) < 4.78 is 19.0. The van der Waals surface area contributed by atoms with Crippen LogP contribution in [0.5, 0.6) is 5.75 Å². The second kappa shape index (κ2) is 7.72. The molecule has 3 aromatic rings. The number of ether oxygens (including phenoxy) is 1. The summed E-state index contributed by atoms with van der Waals surface area (Å²) in [6, 6.07) is 16.6. The van der Waals surface area contributed by atoms with Gasteiger partial charge in [0.05, 0.1) is 6.61 Å². The number of benzene rings is 2. The van der Waals surface area contributed by atoms with E-state index >= 15 is 0 Å². The van der Waals surface area contributed by atoms with Gasteiger partial charge in [-0.3, -0.25) is 9.78 Å². The molecule has 1 aliphatic rings. The summed E-state index contributed by atoms with van der Waals surface area (Å²) in [5, 5.41) is 3.13. The molecule has 2 heterocycles. The zero-order chi connectivity index (χ0) is 20.3. The first-order chi connectivity index (χ1) is 14.1. The predicted octanol–water partition coefficient (Wildman–Crippen LogP) is 4.10. The Kier molecular flexibility index (Phi) is 4.96. The number of carbonyl (C=O) groups excluding carboxylic acids is 1. The van der Waals surface area contributed by atoms with Crippen LogP contribution in [0.4, 0.5) is 4.39 Å². The standard InChI is InChI=1S/C23H18FN3O2/c1-25-15-16-4-8-18(9-5-16)23(12-14-29-20-3-2-13-26-21(20)23)27-22(28)17-6-10-19(24)11-7-17/h2-11,13H,12,14-15H2,(H,27,28)/t23-/m0/s1. The maximum atomic E-state index is 13.3. The van der Waals surface area contributed by atoms with E-state index in [-0.39, 0.29) is 5.91 Å². The van der Waals surface area contributed by atoms with E-state index < -0.39 is 11.4 Å². The van der Waals surface area contributed by atoms with Crippen LogP contribution in [0.15, 0.2) is 66.9 Å². The summed E-state index contributed by atoms with van der Waals surface area (Å²) in [5.74, 6) is -0.109. The number of fused-ring (bicyclic) bond motifs is 1. The van der Waals surface area contributed by atoms with Gasteiger partial charge in [-0.2, -0.15) is 0 Å². The summed E-state index contributed by atoms with van der Waals surface area (Å²) in [6.07, 6.45) is 2.16. The molecule has 0 radical (unpaired) electrons. The second-order valence-corrected chi connectivity index (χ2v) is 6.83. The van der Waals surface area contributed by atoms with Crippen molar-refractivity contribution in [2.75, 3.05) is 6.61 Å². The van der Waals surface area contributed by atoms with Crippen molar-refractivity contribution < 1.29 is 13.9 Å². The number of carbonyl (C=O) groups is 1. The van der Waals surface area contributed by atoms with Crippen molar-refractivity contribution in [1.82, 2.24) is 10.3 Å². The summed E-state index contributed by atoms with van der Waals surface area (Å²) in [6.45, 7) is 7.75. The third kappa shape index (κ3) is 3.55. The Balaban J connectivity index is 1.79. The maximum absolute atomic E-state index is 13.3. The van der Waals surface area contributed by atoms with Crippen LogP contribution in [0.25, 0.3) is 4.85 Å². The van der Waals surface area contributed by atoms with Gasteiger partial charge in [-0.15, -0.1) is 0 Å². The number of amides is 1. The Bertz CT molecular complexity index is 1070. The lowest BCUT2D eigenvalue weighted by molar-refractivity contribution is 0.0883. The van der Waals surface area contributed by atoms with Crippen LogP contribution in [0.2, 0.25) is 0 Å². The minimum Gasteiger partial charge on any atom is -0.491 e. The molecule has 0 bridgehead atoms. The maximum Gasteiger partial charge on any atom is 0.252 e. The van der Waals surface area contributed by atoms with Crippen LogP contribution in [0, 0.1) is 12.4 Å². The van der Waals surface area contributed by atoms with Crippen molar-refractivity contribution in [3.8, 4) is 5.75 Å². The van der Waals surface area contributed by atoms with Gasteiger partial charge in [0.15, 0.2) is 0 Å². The fraction of sp³-hybridized carbons (Fsp3) is 0.174. The Morgan fingerprint density at radius 2 is 1.93 bits per heavy atom. The monoisotopic (exact) mass is 387 g/mol. The van der Waals surface area contributed by atoms with Crippen molar-refractivity contribution in [1.29, 1.82) is 0 Å². The van der Waals surface area contributed by atoms with Crippen LogP contribution in [-0.2, 0) is 12.1 Å². The molecule has 0 aliphatic carbocycles. The van der Waals surface area contributed by atoms with Gasteiger partial charge >= 0.3 is 0 Å². The lowest BCUT2D eigenvalue weighted by Crippen LogP contribution is -2.50. The smallest absolute Gasteiger partial charge is 0.252 e. The summed E-state index contributed by atoms with van der Waals surface area (Å²) in [7, 11) is 0. The number of pyridine rings is 1. The highest BCUT2D eigenvalue weighted by Gasteiger charge is 2.42. The third-order valence-electron chi connectivity index (χ3n) is 5.05. The molecule has 0 unspecified atom stereocenters. The highest BCUT2D eigenvalue weighted by atomic mass is 19.1. The lowest BCUT2D eigenvalue weighted by atomic mass is 9.81. The Hall–Kier alpha value is -3.72. The van der Waals surface area contributed by atoms with Crippen molar-refractivity contribution in [2.24, 2.45) is 0 Å². The van der Waals surface area contributed by atoms with Crippen LogP contribution in [-0.4, -0.2) is 17.5 Å². The minimum absolute atomic E-state index is 0.299. The topological polar surface area (TPSA) is 55.6 Å². The average Bonchev–Trinajstić information content (AvgIpc) is 2.75. The van der Waals surface area contributed by atoms with E-state index in [1.165, 1.54) is 24.3 Å². The summed E-state index contributed by atoms with van der Waals surface area (Å²) in [4.78, 5) is 21.0. The van der Waals surface area contributed by atoms with E-state index in [2.05, 4.69) is 15.1 Å². The Labute approximate surface area is 168 Å². The fourth-order valence-corrected chi connectivity index (χ4v) is 3.59. The minimum atomic E-state index is -0.892. The highest BCUT2D eigenvalue weighted by molar-refractivity contribution is 5.95. The molecule has 1 atom stereocenters. The van der Waals surface area contributed by atoms with Gasteiger partial charge in [-0.1, -0.05) is 24.3 Å². The second-order valence-electron chi connectivity index (χ2n) is 6.83. The quantitative estimate of drug-likeness (QED) is 0.686. The normalized spacial score (nSPS) is 17.5. The van der Waals surface area contributed by atoms with E-state index in [0.717, 1.165) is 11.1 Å². The Morgan fingerprint density at radius 3 is 2.66 bits per heavy atom. The molecule has 5 nitrogen and oxygen atoms in total. The van der Waals surface area contributed by atoms with Gasteiger partial charge in [0.25, 0.3) is 5.91 Å². The SMILES string of the molecule is [C-]#[N+]Cc1ccc([C@@]2(NC(=O)c3ccc(F)cc3)CCOc3cccnc32)cc1. The molecule has 1 aliphatic heterocycles. The van der Waals surface area contributed by atoms with E-state index in [1.54, 1.807) is 12.3 Å². The zero-order valence-electron chi connectivity index (χ0n) is 15.6. The fourth-order valence-electron chi connectivity index (χ4n) is 3.59. The predicted molar refractivity (Wildman–Crippen MR) is 106 cm³/mol. The molecule has 4 rings (SSSR count). The van der Waals surface area contributed by atoms with Crippen molar-refractivity contribution in [3.63, 3.8) is 0 Å². The molecule has 2 aromatic carbocycles. The first-order valence-corrected chi connectivity index (χ1v) is 9.21. The van der Waals surface area contributed by atoms with E-state index in [0.29, 0.717) is 36.6 Å². The molecule has 0 saturated carbocycles. The Morgan fingerprint density at radius 1 is 1.17 bits per heavy atom. The third-order valence-corrected chi connectivity index (χ3v) is 5.05. The molecule has 144 valence electrons. The average molecular weight is 387 g/mol. The first kappa shape index (κ1) is 18.6. The molecule has 0 fully saturated rings. The van der Waals surface area contributed by atoms with Gasteiger partial charge in [0, 0.05) is 23.7 Å². The first-order valence-electron chi connectivity index (χ1n) is 9.21. The van der Waals surface area contributed by atoms with E-state index in [4.69, 9.17) is 11.3 Å². The molecule has 29 heavy (non-hydrogen) atoms. The van der Waals surface area contributed by atoms with Crippen LogP contribution in [0.3, 0.4) is 0 Å². The number of nitrogens with zero attached hydrogens (tertiary/aromatic N) is 2. The van der Waals surface area contributed by atoms with Gasteiger partial charge in [0.2, 0.25) is 6.54 Å². The van der Waals surface area contributed by atoms with Crippen LogP contribution >= 0.6 is 0 Å². The number of nitrogens with one attached hydrogen (secondary N) is 1. The van der Waals surface area contributed by atoms with Gasteiger partial charge < -0.3 is 14.9 Å². The lowest BCUT2D eigenvalue weighted by Gasteiger charge is -2.39. The molecular weight excluding hydrogens is 369 g/mol. The molecule has 1 aromatic heterocycles. The highest BCUT2D eigenvalue weighted by Crippen LogP contribution is 2.40. The van der Waals surface area contributed by atoms with Gasteiger partial charge in [-0.25, -0.2) is 11.0 Å². The van der Waals surface area contributed by atoms with E-state index in [9.17, 15) is 9.18 Å². The van der Waals surface area contributed by atoms with Crippen LogP contribution < -0.4 is 10.1 Å². The molecule has 1 amide bonds. The largest absolute Gasteiger partial charge is 0.491 e. The zero-order valence-corrected chi connectivity index (χ0v) is 15.6. The number of aromatic nitrogens is 1. The van der Waals surface area contributed by atoms with E-state index in [1.807, 2.05) is 30.3 Å². The van der Waals surface area contributed by atoms with Crippen LogP contribution in [0.1, 0.15) is 33.6 Å². The van der Waals surface area contributed by atoms with Gasteiger partial charge in [-0.05, 0) is 42.0 Å². The number of halogens is 1. The summed E-state index contributed by atoms with van der Waals surface area (Å²) in [5.41, 5.74) is 1.85. The van der Waals surface area contributed by atoms with Crippen molar-refractivity contribution in [2.45, 2.75) is 18.5 Å². The molecule has 6 heteroatoms. The number of hydrogen-bond donors (Lipinski definition) is 1. The van der Waals surface area contributed by atoms with Crippen molar-refractivity contribution >= 4 is 5.91 Å². The number of hydrogen-bond acceptors (Lipinski definition) is 3. The molecular formula is C23H18FN3O2. The molecule has 0 saturated heterocycles. The summed E-state index contributed by atoms with van der Waals surface area (Å²) >= 11 is 0. The van der Waals surface area contributed by atoms with Crippen molar-refractivity contribution in [3.05, 3.63) is 106 Å². The molecule has 0 spiro atoms. The number of rotatable bonds is 4. The molecule has 1 N–H and O–H groups in total. The van der Waals surface area contributed by atoms with Gasteiger partial charge in [0.1, 0.15) is 22.8 Å².